The average Bonchev–Trinajstić information content (AvgIpc) is 1.59. The van der Waals surface area contributed by atoms with Gasteiger partial charge in [-0.05, 0) is 13.8 Å². The molecule has 1 heterocycles. The van der Waals surface area contributed by atoms with Crippen LogP contribution >= 0.6 is 0 Å². The van der Waals surface area contributed by atoms with Crippen LogP contribution in [0, 0.1) is 6.08 Å². The van der Waals surface area contributed by atoms with Gasteiger partial charge in [-0.1, -0.05) is 0 Å². The minimum absolute atomic E-state index is 0.427. The Morgan fingerprint density at radius 1 is 1.44 bits per heavy atom. The molecule has 0 fully saturated rings. The van der Waals surface area contributed by atoms with Crippen molar-refractivity contribution in [2.75, 3.05) is 0 Å². The highest BCUT2D eigenvalue weighted by molar-refractivity contribution is 6.00. The molecule has 0 aromatic rings. The summed E-state index contributed by atoms with van der Waals surface area (Å²) in [5, 5.41) is 3.51. The maximum Gasteiger partial charge on any atom is 0.367 e. The third-order valence-corrected chi connectivity index (χ3v) is 0.889. The van der Waals surface area contributed by atoms with Crippen molar-refractivity contribution >= 4 is 11.7 Å². The van der Waals surface area contributed by atoms with Crippen LogP contribution in [-0.2, 0) is 0 Å². The Labute approximate surface area is 53.5 Å². The highest BCUT2D eigenvalue weighted by atomic mass is 16.2. The first-order valence-electron chi connectivity index (χ1n) is 2.60. The summed E-state index contributed by atoms with van der Waals surface area (Å²) in [6.45, 7) is 3.44. The Morgan fingerprint density at radius 3 is 2.56 bits per heavy atom. The second kappa shape index (κ2) is 2.01. The van der Waals surface area contributed by atoms with E-state index in [-0.39, 0.29) is 0 Å². The summed E-state index contributed by atoms with van der Waals surface area (Å²) >= 11 is 0. The Balaban J connectivity index is 2.86. The normalized spacial score (nSPS) is 18.2. The van der Waals surface area contributed by atoms with Crippen LogP contribution in [0.25, 0.3) is 0 Å². The van der Waals surface area contributed by atoms with Crippen LogP contribution in [0.4, 0.5) is 4.79 Å². The fraction of sp³-hybridized carbons (Fsp3) is 0.333. The third kappa shape index (κ3) is 1.38. The lowest BCUT2D eigenvalue weighted by Gasteiger charge is -2.02. The van der Waals surface area contributed by atoms with Crippen LogP contribution in [0.1, 0.15) is 13.8 Å². The van der Waals surface area contributed by atoms with Crippen LogP contribution < -0.4 is 5.32 Å². The number of aliphatic imine (C=N–C) groups is 1. The molecule has 46 valence electrons. The molecule has 0 N–H and O–H groups in total. The second-order valence-corrected chi connectivity index (χ2v) is 1.80. The monoisotopic (exact) mass is 122 g/mol. The molecule has 0 atom stereocenters. The standard InChI is InChI=1S/C6H6N2O/c1-4-3-5(2)8-6(9)7-4/h1-2H3. The number of nitrogens with zero attached hydrogens (tertiary/aromatic N) is 2. The number of allylic oxidation sites excluding steroid dienone is 2. The van der Waals surface area contributed by atoms with Gasteiger partial charge in [0.1, 0.15) is 0 Å². The van der Waals surface area contributed by atoms with Gasteiger partial charge in [-0.2, -0.15) is 10.3 Å². The van der Waals surface area contributed by atoms with Gasteiger partial charge in [-0.3, -0.25) is 0 Å². The zero-order valence-electron chi connectivity index (χ0n) is 5.30. The lowest BCUT2D eigenvalue weighted by molar-refractivity contribution is 0.250. The molecule has 0 aromatic heterocycles. The highest BCUT2D eigenvalue weighted by Gasteiger charge is 2.07. The molecule has 0 aliphatic carbocycles. The van der Waals surface area contributed by atoms with Crippen LogP contribution in [0.3, 0.4) is 0 Å². The topological polar surface area (TPSA) is 43.5 Å². The second-order valence-electron chi connectivity index (χ2n) is 1.80. The molecule has 0 unspecified atom stereocenters. The first kappa shape index (κ1) is 6.01. The number of carbonyl (C=O) groups excluding carboxylic acids is 1. The Morgan fingerprint density at radius 2 is 2.11 bits per heavy atom. The summed E-state index contributed by atoms with van der Waals surface area (Å²) in [5.41, 5.74) is 1.21. The van der Waals surface area contributed by atoms with E-state index in [0.29, 0.717) is 11.4 Å². The smallest absolute Gasteiger partial charge is 0.244 e. The maximum atomic E-state index is 10.5. The highest BCUT2D eigenvalue weighted by Crippen LogP contribution is 1.97. The van der Waals surface area contributed by atoms with Gasteiger partial charge in [0, 0.05) is 6.08 Å². The first-order chi connectivity index (χ1) is 4.18. The molecule has 0 aromatic carbocycles. The summed E-state index contributed by atoms with van der Waals surface area (Å²) in [5.74, 6) is 0. The minimum atomic E-state index is -0.427. The first-order valence-corrected chi connectivity index (χ1v) is 2.60. The number of hydrogen-bond donors (Lipinski definition) is 0. The van der Waals surface area contributed by atoms with Crippen molar-refractivity contribution in [1.82, 2.24) is 5.32 Å². The lowest BCUT2D eigenvalue weighted by atomic mass is 10.3. The van der Waals surface area contributed by atoms with Crippen molar-refractivity contribution in [2.24, 2.45) is 4.99 Å². The summed E-state index contributed by atoms with van der Waals surface area (Å²) in [6.07, 6.45) is 2.79. The quantitative estimate of drug-likeness (QED) is 0.470. The molecule has 1 aliphatic heterocycles. The lowest BCUT2D eigenvalue weighted by Crippen LogP contribution is -2.16. The molecular weight excluding hydrogens is 116 g/mol. The zero-order valence-corrected chi connectivity index (χ0v) is 5.30. The molecule has 3 nitrogen and oxygen atoms in total. The van der Waals surface area contributed by atoms with E-state index in [2.05, 4.69) is 16.4 Å². The van der Waals surface area contributed by atoms with Crippen molar-refractivity contribution in [3.05, 3.63) is 11.8 Å². The largest absolute Gasteiger partial charge is 0.367 e. The average molecular weight is 122 g/mol. The van der Waals surface area contributed by atoms with Crippen molar-refractivity contribution < 1.29 is 4.79 Å². The molecule has 0 bridgehead atoms. The van der Waals surface area contributed by atoms with Gasteiger partial charge in [0.25, 0.3) is 0 Å². The van der Waals surface area contributed by atoms with Crippen LogP contribution in [0.5, 0.6) is 0 Å². The maximum absolute atomic E-state index is 10.5. The molecule has 2 amide bonds. The summed E-state index contributed by atoms with van der Waals surface area (Å²) in [6, 6.07) is -0.427. The summed E-state index contributed by atoms with van der Waals surface area (Å²) < 4.78 is 0. The number of carbonyl (C=O) groups is 1. The van der Waals surface area contributed by atoms with Gasteiger partial charge in [0.05, 0.1) is 11.4 Å². The number of amides is 2. The molecule has 1 aliphatic rings. The molecule has 0 saturated heterocycles. The molecule has 9 heavy (non-hydrogen) atoms. The summed E-state index contributed by atoms with van der Waals surface area (Å²) in [4.78, 5) is 14.0. The van der Waals surface area contributed by atoms with Crippen LogP contribution in [0.2, 0.25) is 0 Å². The van der Waals surface area contributed by atoms with Gasteiger partial charge in [-0.25, -0.2) is 4.79 Å². The van der Waals surface area contributed by atoms with Crippen LogP contribution in [0.15, 0.2) is 10.7 Å². The number of hydrogen-bond acceptors (Lipinski definition) is 1. The van der Waals surface area contributed by atoms with E-state index >= 15 is 0 Å². The predicted molar refractivity (Wildman–Crippen MR) is 33.1 cm³/mol. The molecule has 0 spiro atoms. The Hall–Kier alpha value is -1.12. The van der Waals surface area contributed by atoms with E-state index in [4.69, 9.17) is 0 Å². The molecule has 3 heteroatoms. The molecule has 0 saturated carbocycles. The number of rotatable bonds is 0. The Kier molecular flexibility index (Phi) is 1.34. The fourth-order valence-electron chi connectivity index (χ4n) is 0.630. The van der Waals surface area contributed by atoms with E-state index in [9.17, 15) is 4.79 Å². The minimum Gasteiger partial charge on any atom is -0.244 e. The predicted octanol–water partition coefficient (Wildman–Crippen LogP) is 0.892. The van der Waals surface area contributed by atoms with E-state index < -0.39 is 6.03 Å². The fourth-order valence-corrected chi connectivity index (χ4v) is 0.630. The molecule has 1 rings (SSSR count). The van der Waals surface area contributed by atoms with Gasteiger partial charge in [0.2, 0.25) is 0 Å². The van der Waals surface area contributed by atoms with Crippen molar-refractivity contribution in [2.45, 2.75) is 13.8 Å². The molecule has 2 radical (unpaired) electrons. The van der Waals surface area contributed by atoms with E-state index in [1.165, 1.54) is 0 Å². The SMILES string of the molecule is CC1=[C]C(C)=NC(=O)[N]1. The Bertz CT molecular complexity index is 203. The third-order valence-electron chi connectivity index (χ3n) is 0.889. The van der Waals surface area contributed by atoms with E-state index in [0.717, 1.165) is 0 Å². The van der Waals surface area contributed by atoms with E-state index in [1.807, 2.05) is 0 Å². The van der Waals surface area contributed by atoms with Crippen molar-refractivity contribution in [1.29, 1.82) is 0 Å². The van der Waals surface area contributed by atoms with Gasteiger partial charge in [-0.15, -0.1) is 0 Å². The zero-order chi connectivity index (χ0) is 6.85. The number of urea groups is 1. The van der Waals surface area contributed by atoms with Gasteiger partial charge < -0.3 is 0 Å². The summed E-state index contributed by atoms with van der Waals surface area (Å²) in [7, 11) is 0. The van der Waals surface area contributed by atoms with Gasteiger partial charge in [0.15, 0.2) is 0 Å². The van der Waals surface area contributed by atoms with Crippen LogP contribution in [-0.4, -0.2) is 11.7 Å². The van der Waals surface area contributed by atoms with Crippen molar-refractivity contribution in [3.63, 3.8) is 0 Å². The van der Waals surface area contributed by atoms with E-state index in [1.54, 1.807) is 13.8 Å². The van der Waals surface area contributed by atoms with Crippen molar-refractivity contribution in [3.8, 4) is 0 Å². The van der Waals surface area contributed by atoms with Gasteiger partial charge >= 0.3 is 6.03 Å². The molecular formula is C6H6N2O.